The van der Waals surface area contributed by atoms with Crippen LogP contribution in [0.3, 0.4) is 0 Å². The lowest BCUT2D eigenvalue weighted by atomic mass is 10.2. The normalized spacial score (nSPS) is 10.7. The summed E-state index contributed by atoms with van der Waals surface area (Å²) in [6, 6.07) is 31.4. The molecule has 0 spiro atoms. The molecule has 2 nitrogen and oxygen atoms in total. The summed E-state index contributed by atoms with van der Waals surface area (Å²) < 4.78 is 2.19. The minimum Gasteiger partial charge on any atom is -0.256 e. The summed E-state index contributed by atoms with van der Waals surface area (Å²) in [6.45, 7) is 0. The molecule has 0 aliphatic rings. The molecule has 2 heteroatoms. The van der Waals surface area contributed by atoms with Crippen molar-refractivity contribution in [1.29, 1.82) is 0 Å². The lowest BCUT2D eigenvalue weighted by molar-refractivity contribution is 0.854. The van der Waals surface area contributed by atoms with Gasteiger partial charge in [0.2, 0.25) is 0 Å². The predicted molar refractivity (Wildman–Crippen MR) is 92.4 cm³/mol. The van der Waals surface area contributed by atoms with E-state index in [0.29, 0.717) is 0 Å². The van der Waals surface area contributed by atoms with E-state index in [4.69, 9.17) is 0 Å². The number of rotatable bonds is 3. The van der Waals surface area contributed by atoms with Crippen molar-refractivity contribution in [2.24, 2.45) is 0 Å². The van der Waals surface area contributed by atoms with E-state index in [1.54, 1.807) is 0 Å². The van der Waals surface area contributed by atoms with E-state index >= 15 is 0 Å². The highest BCUT2D eigenvalue weighted by Crippen LogP contribution is 2.28. The van der Waals surface area contributed by atoms with Gasteiger partial charge in [-0.15, -0.1) is 0 Å². The van der Waals surface area contributed by atoms with Gasteiger partial charge in [-0.2, -0.15) is 0 Å². The topological polar surface area (TPSA) is 8.17 Å². The zero-order valence-electron chi connectivity index (χ0n) is 12.1. The number of nitrogens with zero attached hydrogens (tertiary/aromatic N) is 2. The van der Waals surface area contributed by atoms with Crippen LogP contribution in [0.15, 0.2) is 97.2 Å². The van der Waals surface area contributed by atoms with Crippen molar-refractivity contribution in [3.63, 3.8) is 0 Å². The van der Waals surface area contributed by atoms with Gasteiger partial charge < -0.3 is 0 Å². The average molecular weight is 284 g/mol. The summed E-state index contributed by atoms with van der Waals surface area (Å²) in [5.41, 5.74) is 3.46. The molecule has 3 aromatic carbocycles. The van der Waals surface area contributed by atoms with Crippen LogP contribution in [0.1, 0.15) is 0 Å². The summed E-state index contributed by atoms with van der Waals surface area (Å²) in [5.74, 6) is 0. The molecule has 0 saturated heterocycles. The van der Waals surface area contributed by atoms with Gasteiger partial charge in [-0.1, -0.05) is 54.6 Å². The third kappa shape index (κ3) is 2.15. The van der Waals surface area contributed by atoms with Crippen LogP contribution in [-0.2, 0) is 0 Å². The van der Waals surface area contributed by atoms with E-state index < -0.39 is 0 Å². The van der Waals surface area contributed by atoms with Crippen molar-refractivity contribution in [3.05, 3.63) is 97.2 Å². The second kappa shape index (κ2) is 5.41. The van der Waals surface area contributed by atoms with Gasteiger partial charge in [0.25, 0.3) is 0 Å². The molecule has 4 aromatic rings. The van der Waals surface area contributed by atoms with Crippen LogP contribution in [0.4, 0.5) is 11.4 Å². The Balaban J connectivity index is 1.95. The van der Waals surface area contributed by atoms with Gasteiger partial charge in [0.15, 0.2) is 0 Å². The van der Waals surface area contributed by atoms with Crippen molar-refractivity contribution in [2.75, 3.05) is 5.01 Å². The molecule has 0 fully saturated rings. The zero-order valence-corrected chi connectivity index (χ0v) is 12.1. The van der Waals surface area contributed by atoms with Crippen molar-refractivity contribution in [3.8, 4) is 0 Å². The fourth-order valence-electron chi connectivity index (χ4n) is 2.78. The smallest absolute Gasteiger partial charge is 0.0702 e. The maximum absolute atomic E-state index is 2.22. The molecule has 1 heterocycles. The predicted octanol–water partition coefficient (Wildman–Crippen LogP) is 5.24. The van der Waals surface area contributed by atoms with Gasteiger partial charge in [-0.05, 0) is 36.4 Å². The van der Waals surface area contributed by atoms with Gasteiger partial charge in [-0.25, -0.2) is 5.01 Å². The molecule has 4 rings (SSSR count). The van der Waals surface area contributed by atoms with E-state index in [0.717, 1.165) is 11.4 Å². The van der Waals surface area contributed by atoms with E-state index in [1.807, 2.05) is 12.1 Å². The molecular weight excluding hydrogens is 268 g/mol. The Bertz CT molecular complexity index is 840. The molecule has 0 aliphatic heterocycles. The lowest BCUT2D eigenvalue weighted by Crippen LogP contribution is -2.23. The first kappa shape index (κ1) is 12.7. The maximum atomic E-state index is 2.22. The highest BCUT2D eigenvalue weighted by Gasteiger charge is 2.12. The van der Waals surface area contributed by atoms with Crippen LogP contribution in [0.25, 0.3) is 10.9 Å². The number of aromatic nitrogens is 1. The maximum Gasteiger partial charge on any atom is 0.0702 e. The quantitative estimate of drug-likeness (QED) is 0.499. The molecular formula is C20H16N2. The Morgan fingerprint density at radius 1 is 0.545 bits per heavy atom. The van der Waals surface area contributed by atoms with Crippen molar-refractivity contribution >= 4 is 22.3 Å². The first-order valence-corrected chi connectivity index (χ1v) is 7.40. The molecule has 0 radical (unpaired) electrons. The Morgan fingerprint density at radius 3 is 1.73 bits per heavy atom. The molecule has 1 aromatic heterocycles. The summed E-state index contributed by atoms with van der Waals surface area (Å²) in [5, 5.41) is 3.46. The fourth-order valence-corrected chi connectivity index (χ4v) is 2.78. The number of para-hydroxylation sites is 3. The Labute approximate surface area is 129 Å². The Kier molecular flexibility index (Phi) is 3.13. The van der Waals surface area contributed by atoms with Crippen molar-refractivity contribution < 1.29 is 0 Å². The van der Waals surface area contributed by atoms with Crippen molar-refractivity contribution in [1.82, 2.24) is 4.68 Å². The number of hydrogen-bond donors (Lipinski definition) is 0. The molecule has 106 valence electrons. The highest BCUT2D eigenvalue weighted by molar-refractivity contribution is 5.82. The molecule has 0 saturated carbocycles. The lowest BCUT2D eigenvalue weighted by Gasteiger charge is -2.27. The highest BCUT2D eigenvalue weighted by atomic mass is 15.5. The minimum atomic E-state index is 1.13. The van der Waals surface area contributed by atoms with E-state index in [9.17, 15) is 0 Å². The van der Waals surface area contributed by atoms with Crippen LogP contribution < -0.4 is 5.01 Å². The van der Waals surface area contributed by atoms with Crippen LogP contribution in [0.5, 0.6) is 0 Å². The van der Waals surface area contributed by atoms with Crippen molar-refractivity contribution in [2.45, 2.75) is 0 Å². The van der Waals surface area contributed by atoms with Crippen LogP contribution in [-0.4, -0.2) is 4.68 Å². The largest absolute Gasteiger partial charge is 0.256 e. The SMILES string of the molecule is c1ccc(N(c2ccccc2)n2ccc3ccccc32)cc1. The molecule has 0 unspecified atom stereocenters. The fraction of sp³-hybridized carbons (Fsp3) is 0. The Morgan fingerprint density at radius 2 is 1.09 bits per heavy atom. The second-order valence-corrected chi connectivity index (χ2v) is 5.20. The summed E-state index contributed by atoms with van der Waals surface area (Å²) in [6.07, 6.45) is 2.12. The number of benzene rings is 3. The molecule has 0 aliphatic carbocycles. The first-order chi connectivity index (χ1) is 10.9. The number of hydrogen-bond acceptors (Lipinski definition) is 1. The van der Waals surface area contributed by atoms with E-state index in [-0.39, 0.29) is 0 Å². The summed E-state index contributed by atoms with van der Waals surface area (Å²) >= 11 is 0. The van der Waals surface area contributed by atoms with E-state index in [2.05, 4.69) is 94.7 Å². The molecule has 0 bridgehead atoms. The first-order valence-electron chi connectivity index (χ1n) is 7.40. The van der Waals surface area contributed by atoms with E-state index in [1.165, 1.54) is 10.9 Å². The van der Waals surface area contributed by atoms with Gasteiger partial charge in [0, 0.05) is 11.6 Å². The standard InChI is InChI=1S/C20H16N2/c1-3-10-18(11-4-1)22(19-12-5-2-6-13-19)21-16-15-17-9-7-8-14-20(17)21/h1-16H. The second-order valence-electron chi connectivity index (χ2n) is 5.20. The minimum absolute atomic E-state index is 1.13. The summed E-state index contributed by atoms with van der Waals surface area (Å²) in [4.78, 5) is 0. The number of anilines is 2. The molecule has 0 atom stereocenters. The van der Waals surface area contributed by atoms with Crippen LogP contribution in [0.2, 0.25) is 0 Å². The number of fused-ring (bicyclic) bond motifs is 1. The Hall–Kier alpha value is -3.00. The zero-order chi connectivity index (χ0) is 14.8. The van der Waals surface area contributed by atoms with Crippen LogP contribution >= 0.6 is 0 Å². The summed E-state index contributed by atoms with van der Waals surface area (Å²) in [7, 11) is 0. The van der Waals surface area contributed by atoms with Gasteiger partial charge >= 0.3 is 0 Å². The van der Waals surface area contributed by atoms with Gasteiger partial charge in [-0.3, -0.25) is 4.68 Å². The van der Waals surface area contributed by atoms with Crippen LogP contribution in [0, 0.1) is 0 Å². The average Bonchev–Trinajstić information content (AvgIpc) is 3.01. The van der Waals surface area contributed by atoms with Gasteiger partial charge in [0.1, 0.15) is 0 Å². The van der Waals surface area contributed by atoms with Gasteiger partial charge in [0.05, 0.1) is 16.9 Å². The molecule has 0 amide bonds. The molecule has 0 N–H and O–H groups in total. The molecule has 22 heavy (non-hydrogen) atoms. The third-order valence-electron chi connectivity index (χ3n) is 3.80. The third-order valence-corrected chi connectivity index (χ3v) is 3.80. The monoisotopic (exact) mass is 284 g/mol.